The molecule has 2 aromatic carbocycles. The van der Waals surface area contributed by atoms with E-state index in [1.807, 2.05) is 42.5 Å². The molecule has 7 heteroatoms. The Morgan fingerprint density at radius 1 is 1.25 bits per heavy atom. The molecule has 142 valence electrons. The van der Waals surface area contributed by atoms with Crippen LogP contribution in [0.2, 0.25) is 0 Å². The van der Waals surface area contributed by atoms with Gasteiger partial charge in [0.1, 0.15) is 5.75 Å². The Hall–Kier alpha value is -3.61. The Labute approximate surface area is 161 Å². The van der Waals surface area contributed by atoms with Crippen LogP contribution in [0, 0.1) is 0 Å². The van der Waals surface area contributed by atoms with Crippen LogP contribution in [0.4, 0.5) is 0 Å². The highest BCUT2D eigenvalue weighted by Crippen LogP contribution is 2.39. The van der Waals surface area contributed by atoms with Gasteiger partial charge in [0.25, 0.3) is 5.91 Å². The number of ether oxygens (including phenoxy) is 1. The summed E-state index contributed by atoms with van der Waals surface area (Å²) in [6.07, 6.45) is 3.29. The molecule has 1 aliphatic rings. The van der Waals surface area contributed by atoms with E-state index in [0.29, 0.717) is 17.9 Å². The number of hydrogen-bond donors (Lipinski definition) is 2. The summed E-state index contributed by atoms with van der Waals surface area (Å²) in [5, 5.41) is 16.1. The van der Waals surface area contributed by atoms with E-state index in [2.05, 4.69) is 10.2 Å². The summed E-state index contributed by atoms with van der Waals surface area (Å²) in [5.41, 5.74) is 3.89. The van der Waals surface area contributed by atoms with E-state index >= 15 is 0 Å². The van der Waals surface area contributed by atoms with E-state index in [-0.39, 0.29) is 12.3 Å². The number of amides is 1. The Morgan fingerprint density at radius 3 is 2.82 bits per heavy atom. The number of carboxylic acid groups (broad SMARTS) is 1. The van der Waals surface area contributed by atoms with Crippen molar-refractivity contribution in [3.05, 3.63) is 71.5 Å². The Balaban J connectivity index is 1.71. The average molecular weight is 377 g/mol. The van der Waals surface area contributed by atoms with E-state index in [0.717, 1.165) is 22.3 Å². The molecule has 1 aromatic heterocycles. The van der Waals surface area contributed by atoms with Crippen molar-refractivity contribution in [2.24, 2.45) is 0 Å². The molecule has 0 fully saturated rings. The number of aromatic nitrogens is 2. The summed E-state index contributed by atoms with van der Waals surface area (Å²) in [7, 11) is 1.58. The second-order valence-electron chi connectivity index (χ2n) is 6.69. The second-order valence-corrected chi connectivity index (χ2v) is 6.69. The van der Waals surface area contributed by atoms with Crippen LogP contribution in [-0.2, 0) is 11.3 Å². The van der Waals surface area contributed by atoms with Crippen molar-refractivity contribution >= 4 is 11.9 Å². The predicted molar refractivity (Wildman–Crippen MR) is 102 cm³/mol. The van der Waals surface area contributed by atoms with Crippen molar-refractivity contribution in [3.63, 3.8) is 0 Å². The minimum atomic E-state index is -0.944. The fraction of sp³-hybridized carbons (Fsp3) is 0.190. The molecule has 1 amide bonds. The molecule has 7 nitrogen and oxygen atoms in total. The summed E-state index contributed by atoms with van der Waals surface area (Å²) < 4.78 is 5.25. The molecule has 1 atom stereocenters. The molecule has 0 radical (unpaired) electrons. The number of carbonyl (C=O) groups excluding carboxylic acids is 1. The van der Waals surface area contributed by atoms with Crippen LogP contribution in [0.3, 0.4) is 0 Å². The highest BCUT2D eigenvalue weighted by Gasteiger charge is 2.38. The van der Waals surface area contributed by atoms with Crippen molar-refractivity contribution in [2.45, 2.75) is 19.0 Å². The molecule has 2 heterocycles. The number of fused-ring (bicyclic) bond motifs is 1. The SMILES string of the molecule is COc1cccc(CN2C(=O)c3cc(-c4cn[nH]c4)ccc3C2CC(=O)O)c1. The zero-order chi connectivity index (χ0) is 19.7. The summed E-state index contributed by atoms with van der Waals surface area (Å²) in [6, 6.07) is 12.5. The number of benzene rings is 2. The first-order chi connectivity index (χ1) is 13.6. The van der Waals surface area contributed by atoms with Gasteiger partial charge in [-0.05, 0) is 34.9 Å². The molecular formula is C21H19N3O4. The van der Waals surface area contributed by atoms with Gasteiger partial charge in [-0.2, -0.15) is 5.10 Å². The first-order valence-corrected chi connectivity index (χ1v) is 8.85. The Morgan fingerprint density at radius 2 is 2.11 bits per heavy atom. The quantitative estimate of drug-likeness (QED) is 0.687. The van der Waals surface area contributed by atoms with Crippen LogP contribution in [0.5, 0.6) is 5.75 Å². The maximum atomic E-state index is 13.1. The van der Waals surface area contributed by atoms with Gasteiger partial charge in [-0.3, -0.25) is 14.7 Å². The highest BCUT2D eigenvalue weighted by molar-refractivity contribution is 6.00. The lowest BCUT2D eigenvalue weighted by Crippen LogP contribution is -2.29. The van der Waals surface area contributed by atoms with Crippen LogP contribution in [0.25, 0.3) is 11.1 Å². The van der Waals surface area contributed by atoms with Gasteiger partial charge in [0.2, 0.25) is 0 Å². The zero-order valence-corrected chi connectivity index (χ0v) is 15.3. The standard InChI is InChI=1S/C21H19N3O4/c1-28-16-4-2-3-13(7-16)12-24-19(9-20(25)26)17-6-5-14(8-18(17)21(24)27)15-10-22-23-11-15/h2-8,10-11,19H,9,12H2,1H3,(H,22,23)(H,25,26). The van der Waals surface area contributed by atoms with Gasteiger partial charge in [-0.15, -0.1) is 0 Å². The van der Waals surface area contributed by atoms with E-state index in [1.165, 1.54) is 0 Å². The number of H-pyrrole nitrogens is 1. The monoisotopic (exact) mass is 377 g/mol. The van der Waals surface area contributed by atoms with Crippen molar-refractivity contribution < 1.29 is 19.4 Å². The zero-order valence-electron chi connectivity index (χ0n) is 15.3. The smallest absolute Gasteiger partial charge is 0.305 e. The number of rotatable bonds is 6. The minimum absolute atomic E-state index is 0.145. The molecule has 1 aliphatic heterocycles. The van der Waals surface area contributed by atoms with E-state index in [4.69, 9.17) is 4.74 Å². The normalized spacial score (nSPS) is 15.5. The Bertz CT molecular complexity index is 1030. The van der Waals surface area contributed by atoms with Crippen LogP contribution in [0.15, 0.2) is 54.9 Å². The summed E-state index contributed by atoms with van der Waals surface area (Å²) in [4.78, 5) is 26.2. The summed E-state index contributed by atoms with van der Waals surface area (Å²) in [5.74, 6) is -0.423. The maximum Gasteiger partial charge on any atom is 0.305 e. The Kier molecular flexibility index (Phi) is 4.57. The van der Waals surface area contributed by atoms with Crippen LogP contribution >= 0.6 is 0 Å². The highest BCUT2D eigenvalue weighted by atomic mass is 16.5. The number of nitrogens with zero attached hydrogens (tertiary/aromatic N) is 2. The lowest BCUT2D eigenvalue weighted by Gasteiger charge is -2.24. The third kappa shape index (κ3) is 3.22. The molecule has 0 saturated heterocycles. The van der Waals surface area contributed by atoms with Crippen LogP contribution < -0.4 is 4.74 Å². The predicted octanol–water partition coefficient (Wildman–Crippen LogP) is 3.26. The van der Waals surface area contributed by atoms with Crippen molar-refractivity contribution in [1.82, 2.24) is 15.1 Å². The number of methoxy groups -OCH3 is 1. The maximum absolute atomic E-state index is 13.1. The first-order valence-electron chi connectivity index (χ1n) is 8.85. The van der Waals surface area contributed by atoms with Crippen molar-refractivity contribution in [2.75, 3.05) is 7.11 Å². The number of hydrogen-bond acceptors (Lipinski definition) is 4. The summed E-state index contributed by atoms with van der Waals surface area (Å²) in [6.45, 7) is 0.309. The first kappa shape index (κ1) is 17.8. The molecule has 0 saturated carbocycles. The van der Waals surface area contributed by atoms with Crippen molar-refractivity contribution in [3.8, 4) is 16.9 Å². The molecule has 0 aliphatic carbocycles. The average Bonchev–Trinajstić information content (AvgIpc) is 3.31. The third-order valence-corrected chi connectivity index (χ3v) is 4.97. The molecule has 2 N–H and O–H groups in total. The molecule has 0 spiro atoms. The number of aromatic amines is 1. The summed E-state index contributed by atoms with van der Waals surface area (Å²) >= 11 is 0. The van der Waals surface area contributed by atoms with E-state index in [9.17, 15) is 14.7 Å². The second kappa shape index (κ2) is 7.19. The number of aliphatic carboxylic acids is 1. The molecule has 0 bridgehead atoms. The van der Waals surface area contributed by atoms with E-state index in [1.54, 1.807) is 24.4 Å². The number of nitrogens with one attached hydrogen (secondary N) is 1. The largest absolute Gasteiger partial charge is 0.497 e. The van der Waals surface area contributed by atoms with E-state index < -0.39 is 12.0 Å². The van der Waals surface area contributed by atoms with Crippen molar-refractivity contribution in [1.29, 1.82) is 0 Å². The van der Waals surface area contributed by atoms with Gasteiger partial charge in [0.15, 0.2) is 0 Å². The molecular weight excluding hydrogens is 358 g/mol. The third-order valence-electron chi connectivity index (χ3n) is 4.97. The molecule has 1 unspecified atom stereocenters. The minimum Gasteiger partial charge on any atom is -0.497 e. The van der Waals surface area contributed by atoms with Gasteiger partial charge >= 0.3 is 5.97 Å². The van der Waals surface area contributed by atoms with Crippen LogP contribution in [0.1, 0.15) is 33.9 Å². The van der Waals surface area contributed by atoms with Gasteiger partial charge in [0.05, 0.1) is 25.8 Å². The van der Waals surface area contributed by atoms with Gasteiger partial charge < -0.3 is 14.7 Å². The lowest BCUT2D eigenvalue weighted by molar-refractivity contribution is -0.138. The van der Waals surface area contributed by atoms with Gasteiger partial charge in [-0.25, -0.2) is 0 Å². The number of carbonyl (C=O) groups is 2. The van der Waals surface area contributed by atoms with Gasteiger partial charge in [-0.1, -0.05) is 24.3 Å². The molecule has 4 rings (SSSR count). The van der Waals surface area contributed by atoms with Crippen LogP contribution in [-0.4, -0.2) is 39.2 Å². The fourth-order valence-corrected chi connectivity index (χ4v) is 3.62. The topological polar surface area (TPSA) is 95.5 Å². The van der Waals surface area contributed by atoms with Gasteiger partial charge in [0, 0.05) is 23.9 Å². The molecule has 3 aromatic rings. The number of carboxylic acids is 1. The lowest BCUT2D eigenvalue weighted by atomic mass is 9.98. The molecule has 28 heavy (non-hydrogen) atoms. The fourth-order valence-electron chi connectivity index (χ4n) is 3.62.